The lowest BCUT2D eigenvalue weighted by molar-refractivity contribution is 0.0735. The maximum atomic E-state index is 12.2. The zero-order valence-electron chi connectivity index (χ0n) is 9.56. The Hall–Kier alpha value is -1.66. The van der Waals surface area contributed by atoms with Crippen LogP contribution in [0.25, 0.3) is 0 Å². The van der Waals surface area contributed by atoms with Crippen molar-refractivity contribution in [3.63, 3.8) is 0 Å². The van der Waals surface area contributed by atoms with E-state index >= 15 is 0 Å². The number of nitrogens with two attached hydrogens (primary N) is 1. The zero-order chi connectivity index (χ0) is 12.1. The number of hydrogen-bond acceptors (Lipinski definition) is 5. The highest BCUT2D eigenvalue weighted by molar-refractivity contribution is 5.92. The van der Waals surface area contributed by atoms with Crippen LogP contribution in [-0.4, -0.2) is 42.1 Å². The van der Waals surface area contributed by atoms with Gasteiger partial charge in [0, 0.05) is 19.7 Å². The van der Waals surface area contributed by atoms with E-state index in [0.717, 1.165) is 6.42 Å². The van der Waals surface area contributed by atoms with Gasteiger partial charge < -0.3 is 15.1 Å². The van der Waals surface area contributed by atoms with Crippen molar-refractivity contribution in [3.05, 3.63) is 23.9 Å². The summed E-state index contributed by atoms with van der Waals surface area (Å²) in [5.41, 5.74) is 2.84. The quantitative estimate of drug-likeness (QED) is 0.567. The van der Waals surface area contributed by atoms with Crippen LogP contribution in [0.4, 0.5) is 5.82 Å². The van der Waals surface area contributed by atoms with Gasteiger partial charge in [-0.2, -0.15) is 0 Å². The summed E-state index contributed by atoms with van der Waals surface area (Å²) >= 11 is 0. The van der Waals surface area contributed by atoms with Crippen molar-refractivity contribution in [3.8, 4) is 0 Å². The Bertz CT molecular complexity index is 389. The van der Waals surface area contributed by atoms with E-state index < -0.39 is 0 Å². The van der Waals surface area contributed by atoms with Crippen LogP contribution in [-0.2, 0) is 4.74 Å². The highest BCUT2D eigenvalue weighted by Crippen LogP contribution is 2.08. The van der Waals surface area contributed by atoms with Gasteiger partial charge in [-0.05, 0) is 18.6 Å². The normalized spacial score (nSPS) is 16.4. The number of carbonyl (C=O) groups excluding carboxylic acids is 1. The molecule has 0 spiro atoms. The van der Waals surface area contributed by atoms with E-state index in [1.807, 2.05) is 0 Å². The van der Waals surface area contributed by atoms with Crippen molar-refractivity contribution >= 4 is 11.7 Å². The molecule has 1 amide bonds. The number of pyridine rings is 1. The SMILES string of the molecule is NNc1cccc(C(=O)N2CCCOCC2)n1. The molecule has 0 aliphatic carbocycles. The average Bonchev–Trinajstić information content (AvgIpc) is 2.67. The molecule has 6 nitrogen and oxygen atoms in total. The Labute approximate surface area is 99.7 Å². The Morgan fingerprint density at radius 2 is 2.29 bits per heavy atom. The van der Waals surface area contributed by atoms with Crippen LogP contribution >= 0.6 is 0 Å². The summed E-state index contributed by atoms with van der Waals surface area (Å²) in [4.78, 5) is 18.0. The fourth-order valence-corrected chi connectivity index (χ4v) is 1.75. The van der Waals surface area contributed by atoms with Gasteiger partial charge in [0.05, 0.1) is 6.61 Å². The van der Waals surface area contributed by atoms with E-state index in [1.54, 1.807) is 23.1 Å². The number of aromatic nitrogens is 1. The molecule has 2 heterocycles. The fraction of sp³-hybridized carbons (Fsp3) is 0.455. The van der Waals surface area contributed by atoms with Crippen LogP contribution in [0, 0.1) is 0 Å². The van der Waals surface area contributed by atoms with E-state index in [9.17, 15) is 4.79 Å². The van der Waals surface area contributed by atoms with Crippen molar-refractivity contribution in [1.82, 2.24) is 9.88 Å². The summed E-state index contributed by atoms with van der Waals surface area (Å²) in [5.74, 6) is 5.68. The van der Waals surface area contributed by atoms with Crippen LogP contribution in [0.1, 0.15) is 16.9 Å². The Balaban J connectivity index is 2.11. The Kier molecular flexibility index (Phi) is 3.89. The lowest BCUT2D eigenvalue weighted by Crippen LogP contribution is -2.33. The minimum Gasteiger partial charge on any atom is -0.380 e. The third-order valence-corrected chi connectivity index (χ3v) is 2.63. The average molecular weight is 236 g/mol. The van der Waals surface area contributed by atoms with Crippen molar-refractivity contribution in [2.24, 2.45) is 5.84 Å². The van der Waals surface area contributed by atoms with Gasteiger partial charge in [-0.1, -0.05) is 6.07 Å². The molecule has 17 heavy (non-hydrogen) atoms. The number of nitrogens with one attached hydrogen (secondary N) is 1. The number of ether oxygens (including phenoxy) is 1. The fourth-order valence-electron chi connectivity index (χ4n) is 1.75. The maximum Gasteiger partial charge on any atom is 0.272 e. The summed E-state index contributed by atoms with van der Waals surface area (Å²) in [7, 11) is 0. The molecule has 1 saturated heterocycles. The molecule has 1 aromatic rings. The van der Waals surface area contributed by atoms with Crippen LogP contribution in [0.3, 0.4) is 0 Å². The Morgan fingerprint density at radius 3 is 3.12 bits per heavy atom. The van der Waals surface area contributed by atoms with Gasteiger partial charge in [0.2, 0.25) is 0 Å². The van der Waals surface area contributed by atoms with E-state index in [2.05, 4.69) is 10.4 Å². The molecule has 0 bridgehead atoms. The van der Waals surface area contributed by atoms with Gasteiger partial charge in [0.25, 0.3) is 5.91 Å². The van der Waals surface area contributed by atoms with Crippen molar-refractivity contribution in [2.75, 3.05) is 31.7 Å². The number of hydrazine groups is 1. The molecular formula is C11H16N4O2. The Morgan fingerprint density at radius 1 is 1.41 bits per heavy atom. The molecule has 92 valence electrons. The molecule has 0 atom stereocenters. The molecule has 1 aliphatic rings. The van der Waals surface area contributed by atoms with Crippen LogP contribution in [0.5, 0.6) is 0 Å². The zero-order valence-corrected chi connectivity index (χ0v) is 9.56. The number of amides is 1. The molecule has 1 aliphatic heterocycles. The second kappa shape index (κ2) is 5.60. The topological polar surface area (TPSA) is 80.5 Å². The van der Waals surface area contributed by atoms with E-state index in [4.69, 9.17) is 10.6 Å². The first-order valence-corrected chi connectivity index (χ1v) is 5.62. The predicted molar refractivity (Wildman–Crippen MR) is 63.4 cm³/mol. The standard InChI is InChI=1S/C11H16N4O2/c12-14-10-4-1-3-9(13-10)11(16)15-5-2-7-17-8-6-15/h1,3-4H,2,5-8,12H2,(H,13,14). The van der Waals surface area contributed by atoms with Gasteiger partial charge in [0.1, 0.15) is 11.5 Å². The number of nitrogens with zero attached hydrogens (tertiary/aromatic N) is 2. The molecule has 1 fully saturated rings. The number of hydrogen-bond donors (Lipinski definition) is 2. The minimum absolute atomic E-state index is 0.0763. The molecule has 0 radical (unpaired) electrons. The molecule has 3 N–H and O–H groups in total. The lowest BCUT2D eigenvalue weighted by atomic mass is 10.3. The monoisotopic (exact) mass is 236 g/mol. The van der Waals surface area contributed by atoms with Crippen LogP contribution in [0.15, 0.2) is 18.2 Å². The summed E-state index contributed by atoms with van der Waals surface area (Å²) < 4.78 is 5.31. The van der Waals surface area contributed by atoms with Gasteiger partial charge in [0.15, 0.2) is 0 Å². The van der Waals surface area contributed by atoms with Crippen LogP contribution < -0.4 is 11.3 Å². The first kappa shape index (κ1) is 11.8. The lowest BCUT2D eigenvalue weighted by Gasteiger charge is -2.19. The second-order valence-electron chi connectivity index (χ2n) is 3.81. The third-order valence-electron chi connectivity index (χ3n) is 2.63. The molecule has 0 aromatic carbocycles. The smallest absolute Gasteiger partial charge is 0.272 e. The highest BCUT2D eigenvalue weighted by Gasteiger charge is 2.18. The second-order valence-corrected chi connectivity index (χ2v) is 3.81. The van der Waals surface area contributed by atoms with Gasteiger partial charge in [-0.3, -0.25) is 4.79 Å². The number of rotatable bonds is 2. The first-order chi connectivity index (χ1) is 8.31. The van der Waals surface area contributed by atoms with Crippen molar-refractivity contribution in [1.29, 1.82) is 0 Å². The maximum absolute atomic E-state index is 12.2. The molecular weight excluding hydrogens is 220 g/mol. The van der Waals surface area contributed by atoms with Gasteiger partial charge >= 0.3 is 0 Å². The van der Waals surface area contributed by atoms with Gasteiger partial charge in [-0.15, -0.1) is 0 Å². The van der Waals surface area contributed by atoms with Crippen molar-refractivity contribution < 1.29 is 9.53 Å². The van der Waals surface area contributed by atoms with E-state index in [0.29, 0.717) is 37.8 Å². The van der Waals surface area contributed by atoms with E-state index in [-0.39, 0.29) is 5.91 Å². The van der Waals surface area contributed by atoms with Crippen molar-refractivity contribution in [2.45, 2.75) is 6.42 Å². The minimum atomic E-state index is -0.0763. The predicted octanol–water partition coefficient (Wildman–Crippen LogP) is 0.230. The summed E-state index contributed by atoms with van der Waals surface area (Å²) in [6, 6.07) is 5.15. The molecule has 0 saturated carbocycles. The van der Waals surface area contributed by atoms with Crippen LogP contribution in [0.2, 0.25) is 0 Å². The van der Waals surface area contributed by atoms with Gasteiger partial charge in [-0.25, -0.2) is 10.8 Å². The molecule has 2 rings (SSSR count). The summed E-state index contributed by atoms with van der Waals surface area (Å²) in [5, 5.41) is 0. The molecule has 6 heteroatoms. The number of nitrogen functional groups attached to an aromatic ring is 1. The summed E-state index contributed by atoms with van der Waals surface area (Å²) in [6.07, 6.45) is 0.862. The number of carbonyl (C=O) groups is 1. The third kappa shape index (κ3) is 2.92. The largest absolute Gasteiger partial charge is 0.380 e. The molecule has 0 unspecified atom stereocenters. The number of anilines is 1. The first-order valence-electron chi connectivity index (χ1n) is 5.62. The summed E-state index contributed by atoms with van der Waals surface area (Å²) in [6.45, 7) is 2.61. The molecule has 1 aromatic heterocycles. The van der Waals surface area contributed by atoms with E-state index in [1.165, 1.54) is 0 Å². The highest BCUT2D eigenvalue weighted by atomic mass is 16.5.